The van der Waals surface area contributed by atoms with Crippen molar-refractivity contribution in [2.75, 3.05) is 0 Å². The predicted molar refractivity (Wildman–Crippen MR) is 197 cm³/mol. The van der Waals surface area contributed by atoms with Gasteiger partial charge in [0.05, 0.1) is 5.70 Å². The number of nitrogens with two attached hydrogens (primary N) is 1. The monoisotopic (exact) mass is 619 g/mol. The van der Waals surface area contributed by atoms with E-state index in [4.69, 9.17) is 25.7 Å². The van der Waals surface area contributed by atoms with Crippen LogP contribution in [-0.2, 0) is 6.42 Å². The molecule has 1 aromatic heterocycles. The molecule has 0 aliphatic rings. The predicted octanol–water partition coefficient (Wildman–Crippen LogP) is 9.53. The number of aromatic nitrogens is 3. The van der Waals surface area contributed by atoms with Crippen molar-refractivity contribution in [3.05, 3.63) is 193 Å². The summed E-state index contributed by atoms with van der Waals surface area (Å²) in [5.41, 5.74) is 15.3. The van der Waals surface area contributed by atoms with Crippen LogP contribution in [0.25, 0.3) is 51.0 Å². The maximum absolute atomic E-state index is 6.43. The van der Waals surface area contributed by atoms with Gasteiger partial charge in [-0.15, -0.1) is 0 Å². The Morgan fingerprint density at radius 3 is 1.48 bits per heavy atom. The third-order valence-electron chi connectivity index (χ3n) is 8.04. The molecule has 0 aliphatic carbocycles. The summed E-state index contributed by atoms with van der Waals surface area (Å²) < 4.78 is 0. The maximum atomic E-state index is 6.43. The van der Waals surface area contributed by atoms with Gasteiger partial charge in [-0.1, -0.05) is 176 Å². The van der Waals surface area contributed by atoms with E-state index in [-0.39, 0.29) is 0 Å². The molecule has 0 spiro atoms. The van der Waals surface area contributed by atoms with Crippen molar-refractivity contribution in [2.45, 2.75) is 6.42 Å². The lowest BCUT2D eigenvalue weighted by Crippen LogP contribution is -2.13. The van der Waals surface area contributed by atoms with E-state index in [9.17, 15) is 0 Å². The van der Waals surface area contributed by atoms with Crippen LogP contribution in [0, 0.1) is 0 Å². The van der Waals surface area contributed by atoms with Crippen LogP contribution in [0.2, 0.25) is 0 Å². The first-order chi connectivity index (χ1) is 23.7. The Hall–Kier alpha value is -6.46. The lowest BCUT2D eigenvalue weighted by atomic mass is 9.97. The van der Waals surface area contributed by atoms with Crippen LogP contribution in [0.1, 0.15) is 16.7 Å². The maximum Gasteiger partial charge on any atom is 0.164 e. The summed E-state index contributed by atoms with van der Waals surface area (Å²) >= 11 is 0. The zero-order valence-electron chi connectivity index (χ0n) is 26.3. The van der Waals surface area contributed by atoms with Crippen LogP contribution < -0.4 is 5.73 Å². The van der Waals surface area contributed by atoms with Crippen molar-refractivity contribution in [2.24, 2.45) is 10.7 Å². The van der Waals surface area contributed by atoms with Crippen molar-refractivity contribution < 1.29 is 0 Å². The van der Waals surface area contributed by atoms with Gasteiger partial charge in [0, 0.05) is 22.3 Å². The molecule has 5 heteroatoms. The van der Waals surface area contributed by atoms with Crippen molar-refractivity contribution >= 4 is 11.5 Å². The Morgan fingerprint density at radius 2 is 0.917 bits per heavy atom. The van der Waals surface area contributed by atoms with Gasteiger partial charge in [-0.2, -0.15) is 0 Å². The van der Waals surface area contributed by atoms with E-state index in [1.807, 2.05) is 121 Å². The normalized spacial score (nSPS) is 11.8. The number of hydrogen-bond donors (Lipinski definition) is 1. The zero-order valence-corrected chi connectivity index (χ0v) is 26.3. The Morgan fingerprint density at radius 1 is 0.458 bits per heavy atom. The van der Waals surface area contributed by atoms with Gasteiger partial charge in [-0.25, -0.2) is 19.9 Å². The first kappa shape index (κ1) is 30.2. The molecule has 0 unspecified atom stereocenters. The first-order valence-corrected chi connectivity index (χ1v) is 15.9. The minimum absolute atomic E-state index is 0.488. The molecular formula is C43H33N5. The number of benzene rings is 6. The van der Waals surface area contributed by atoms with Crippen molar-refractivity contribution in [1.29, 1.82) is 0 Å². The third kappa shape index (κ3) is 7.01. The number of nitrogens with zero attached hydrogens (tertiary/aromatic N) is 4. The molecule has 2 N–H and O–H groups in total. The highest BCUT2D eigenvalue weighted by atomic mass is 15.0. The first-order valence-electron chi connectivity index (χ1n) is 15.9. The second-order valence-electron chi connectivity index (χ2n) is 11.3. The molecule has 7 aromatic rings. The van der Waals surface area contributed by atoms with Crippen molar-refractivity contribution in [1.82, 2.24) is 15.0 Å². The van der Waals surface area contributed by atoms with Gasteiger partial charge in [0.15, 0.2) is 17.5 Å². The van der Waals surface area contributed by atoms with E-state index < -0.39 is 0 Å². The Bertz CT molecular complexity index is 2120. The average Bonchev–Trinajstić information content (AvgIpc) is 3.18. The molecule has 0 fully saturated rings. The van der Waals surface area contributed by atoms with Gasteiger partial charge in [0.25, 0.3) is 0 Å². The second kappa shape index (κ2) is 14.3. The summed E-state index contributed by atoms with van der Waals surface area (Å²) in [5, 5.41) is 0. The number of rotatable bonds is 9. The molecule has 1 heterocycles. The van der Waals surface area contributed by atoms with E-state index in [1.54, 1.807) is 0 Å². The van der Waals surface area contributed by atoms with Gasteiger partial charge in [0.1, 0.15) is 5.84 Å². The lowest BCUT2D eigenvalue weighted by molar-refractivity contribution is 1.07. The molecule has 0 radical (unpaired) electrons. The molecule has 0 saturated heterocycles. The Labute approximate surface area is 280 Å². The lowest BCUT2D eigenvalue weighted by Gasteiger charge is -2.12. The van der Waals surface area contributed by atoms with Crippen molar-refractivity contribution in [3.63, 3.8) is 0 Å². The molecule has 7 rings (SSSR count). The van der Waals surface area contributed by atoms with Gasteiger partial charge >= 0.3 is 0 Å². The molecule has 5 nitrogen and oxygen atoms in total. The molecule has 0 amide bonds. The number of amidine groups is 1. The molecular weight excluding hydrogens is 587 g/mol. The molecule has 6 aromatic carbocycles. The van der Waals surface area contributed by atoms with Crippen LogP contribution in [0.5, 0.6) is 0 Å². The van der Waals surface area contributed by atoms with E-state index in [0.717, 1.165) is 50.2 Å². The smallest absolute Gasteiger partial charge is 0.164 e. The quantitative estimate of drug-likeness (QED) is 0.129. The molecule has 0 aliphatic heterocycles. The minimum atomic E-state index is 0.488. The summed E-state index contributed by atoms with van der Waals surface area (Å²) in [6.45, 7) is 0. The minimum Gasteiger partial charge on any atom is -0.383 e. The highest BCUT2D eigenvalue weighted by Gasteiger charge is 2.15. The number of aliphatic imine (C=N–C) groups is 1. The summed E-state index contributed by atoms with van der Waals surface area (Å²) in [7, 11) is 0. The fourth-order valence-electron chi connectivity index (χ4n) is 5.53. The summed E-state index contributed by atoms with van der Waals surface area (Å²) in [4.78, 5) is 19.6. The van der Waals surface area contributed by atoms with E-state index in [0.29, 0.717) is 29.7 Å². The summed E-state index contributed by atoms with van der Waals surface area (Å²) in [6, 6.07) is 57.0. The van der Waals surface area contributed by atoms with Crippen LogP contribution >= 0.6 is 0 Å². The van der Waals surface area contributed by atoms with Gasteiger partial charge in [-0.3, -0.25) is 0 Å². The Balaban J connectivity index is 1.22. The highest BCUT2D eigenvalue weighted by Crippen LogP contribution is 2.32. The van der Waals surface area contributed by atoms with E-state index >= 15 is 0 Å². The topological polar surface area (TPSA) is 77.0 Å². The van der Waals surface area contributed by atoms with Gasteiger partial charge < -0.3 is 5.73 Å². The third-order valence-corrected chi connectivity index (χ3v) is 8.04. The number of hydrogen-bond acceptors (Lipinski definition) is 4. The fourth-order valence-corrected chi connectivity index (χ4v) is 5.53. The van der Waals surface area contributed by atoms with Gasteiger partial charge in [-0.05, 0) is 28.7 Å². The summed E-state index contributed by atoms with van der Waals surface area (Å²) in [6.07, 6.45) is 2.83. The SMILES string of the molecule is N/C(=N\C(=C/Cc1ccc(-c2ccccc2-c2nc(-c3ccccc3)nc(-c3ccccc3)n2)cc1)c1ccccc1)c1ccccc1. The largest absolute Gasteiger partial charge is 0.383 e. The summed E-state index contributed by atoms with van der Waals surface area (Å²) in [5.74, 6) is 2.40. The van der Waals surface area contributed by atoms with Crippen LogP contribution in [0.4, 0.5) is 0 Å². The molecule has 0 saturated carbocycles. The second-order valence-corrected chi connectivity index (χ2v) is 11.3. The molecule has 230 valence electrons. The average molecular weight is 620 g/mol. The van der Waals surface area contributed by atoms with Gasteiger partial charge in [0.2, 0.25) is 0 Å². The van der Waals surface area contributed by atoms with Crippen LogP contribution in [0.3, 0.4) is 0 Å². The van der Waals surface area contributed by atoms with Crippen molar-refractivity contribution in [3.8, 4) is 45.3 Å². The fraction of sp³-hybridized carbons (Fsp3) is 0.0233. The highest BCUT2D eigenvalue weighted by molar-refractivity contribution is 6.00. The standard InChI is InChI=1S/C43H33N5/c44-40(34-17-7-2-8-18-34)45-39(33-15-5-1-6-16-33)30-27-31-25-28-32(29-26-31)37-23-13-14-24-38(37)43-47-41(35-19-9-3-10-20-35)46-42(48-43)36-21-11-4-12-22-36/h1-26,28-30H,27H2,(H2,44,45)/b39-30-. The molecule has 0 bridgehead atoms. The zero-order chi connectivity index (χ0) is 32.5. The number of allylic oxidation sites excluding steroid dienone is 1. The Kier molecular flexibility index (Phi) is 9.01. The van der Waals surface area contributed by atoms with Crippen LogP contribution in [-0.4, -0.2) is 20.8 Å². The molecule has 0 atom stereocenters. The molecule has 48 heavy (non-hydrogen) atoms. The van der Waals surface area contributed by atoms with E-state index in [1.165, 1.54) is 0 Å². The van der Waals surface area contributed by atoms with E-state index in [2.05, 4.69) is 54.6 Å². The van der Waals surface area contributed by atoms with Crippen LogP contribution in [0.15, 0.2) is 181 Å².